The van der Waals surface area contributed by atoms with Crippen molar-refractivity contribution >= 4 is 5.91 Å². The van der Waals surface area contributed by atoms with Gasteiger partial charge in [0.25, 0.3) is 0 Å². The van der Waals surface area contributed by atoms with E-state index in [1.807, 2.05) is 6.92 Å². The van der Waals surface area contributed by atoms with Crippen molar-refractivity contribution in [3.8, 4) is 5.75 Å². The lowest BCUT2D eigenvalue weighted by Gasteiger charge is -2.19. The summed E-state index contributed by atoms with van der Waals surface area (Å²) in [6.07, 6.45) is 1.24. The first kappa shape index (κ1) is 17.4. The van der Waals surface area contributed by atoms with Crippen molar-refractivity contribution in [1.29, 1.82) is 0 Å². The van der Waals surface area contributed by atoms with Crippen molar-refractivity contribution in [2.75, 3.05) is 0 Å². The minimum absolute atomic E-state index is 0.0439. The molecule has 0 bridgehead atoms. The number of rotatable bonds is 6. The van der Waals surface area contributed by atoms with Gasteiger partial charge in [0.15, 0.2) is 0 Å². The zero-order valence-corrected chi connectivity index (χ0v) is 13.0. The number of hydrogen-bond donors (Lipinski definition) is 1. The number of carbonyl (C=O) groups excluding carboxylic acids is 1. The molecule has 3 nitrogen and oxygen atoms in total. The van der Waals surface area contributed by atoms with Crippen LogP contribution in [0.3, 0.4) is 0 Å². The van der Waals surface area contributed by atoms with Gasteiger partial charge in [-0.15, -0.1) is 0 Å². The second-order valence-electron chi connectivity index (χ2n) is 6.30. The highest BCUT2D eigenvalue weighted by Gasteiger charge is 2.15. The van der Waals surface area contributed by atoms with E-state index in [-0.39, 0.29) is 23.1 Å². The van der Waals surface area contributed by atoms with Crippen LogP contribution in [0.15, 0.2) is 24.3 Å². The topological polar surface area (TPSA) is 38.3 Å². The maximum Gasteiger partial charge on any atom is 0.387 e. The number of benzene rings is 1. The molecule has 5 heteroatoms. The van der Waals surface area contributed by atoms with Crippen molar-refractivity contribution in [3.05, 3.63) is 29.8 Å². The van der Waals surface area contributed by atoms with E-state index in [9.17, 15) is 13.6 Å². The van der Waals surface area contributed by atoms with E-state index in [1.165, 1.54) is 12.1 Å². The summed E-state index contributed by atoms with van der Waals surface area (Å²) >= 11 is 0. The summed E-state index contributed by atoms with van der Waals surface area (Å²) in [5.41, 5.74) is 0.836. The quantitative estimate of drug-likeness (QED) is 0.851. The second-order valence-corrected chi connectivity index (χ2v) is 6.30. The van der Waals surface area contributed by atoms with Crippen LogP contribution in [0.25, 0.3) is 0 Å². The Balaban J connectivity index is 2.58. The van der Waals surface area contributed by atoms with Gasteiger partial charge in [0.2, 0.25) is 5.91 Å². The van der Waals surface area contributed by atoms with Crippen molar-refractivity contribution in [2.24, 2.45) is 5.41 Å². The van der Waals surface area contributed by atoms with Crippen LogP contribution in [-0.2, 0) is 4.79 Å². The Hall–Kier alpha value is -1.65. The van der Waals surface area contributed by atoms with E-state index >= 15 is 0 Å². The van der Waals surface area contributed by atoms with E-state index in [0.29, 0.717) is 6.42 Å². The molecule has 1 aromatic carbocycles. The molecule has 1 amide bonds. The molecule has 0 aliphatic heterocycles. The lowest BCUT2D eigenvalue weighted by molar-refractivity contribution is -0.122. The highest BCUT2D eigenvalue weighted by atomic mass is 19.3. The standard InChI is InChI=1S/C16H23F2NO2/c1-11(19-14(20)8-9-16(2,3)4)12-6-5-7-13(10-12)21-15(17)18/h5-7,10-11,15H,8-9H2,1-4H3,(H,19,20). The average molecular weight is 299 g/mol. The Morgan fingerprint density at radius 3 is 2.57 bits per heavy atom. The first-order chi connectivity index (χ1) is 9.67. The summed E-state index contributed by atoms with van der Waals surface area (Å²) in [5, 5.41) is 2.87. The molecule has 0 spiro atoms. The van der Waals surface area contributed by atoms with E-state index in [0.717, 1.165) is 12.0 Å². The van der Waals surface area contributed by atoms with Gasteiger partial charge in [-0.25, -0.2) is 0 Å². The minimum Gasteiger partial charge on any atom is -0.435 e. The van der Waals surface area contributed by atoms with Crippen LogP contribution in [-0.4, -0.2) is 12.5 Å². The molecule has 0 heterocycles. The van der Waals surface area contributed by atoms with E-state index in [4.69, 9.17) is 0 Å². The molecular formula is C16H23F2NO2. The summed E-state index contributed by atoms with van der Waals surface area (Å²) in [7, 11) is 0. The van der Waals surface area contributed by atoms with Gasteiger partial charge in [0, 0.05) is 6.42 Å². The number of alkyl halides is 2. The van der Waals surface area contributed by atoms with Crippen LogP contribution in [0, 0.1) is 5.41 Å². The fraction of sp³-hybridized carbons (Fsp3) is 0.562. The Morgan fingerprint density at radius 2 is 2.00 bits per heavy atom. The highest BCUT2D eigenvalue weighted by molar-refractivity contribution is 5.76. The molecule has 1 atom stereocenters. The molecule has 1 unspecified atom stereocenters. The number of nitrogens with one attached hydrogen (secondary N) is 1. The molecule has 1 rings (SSSR count). The van der Waals surface area contributed by atoms with Crippen molar-refractivity contribution in [2.45, 2.75) is 53.2 Å². The van der Waals surface area contributed by atoms with Crippen LogP contribution in [0.5, 0.6) is 5.75 Å². The van der Waals surface area contributed by atoms with Crippen LogP contribution in [0.2, 0.25) is 0 Å². The predicted octanol–water partition coefficient (Wildman–Crippen LogP) is 4.29. The molecule has 1 N–H and O–H groups in total. The largest absolute Gasteiger partial charge is 0.435 e. The summed E-state index contributed by atoms with van der Waals surface area (Å²) in [5.74, 6) is 0.0518. The second kappa shape index (κ2) is 7.38. The monoisotopic (exact) mass is 299 g/mol. The maximum absolute atomic E-state index is 12.2. The Morgan fingerprint density at radius 1 is 1.33 bits per heavy atom. The van der Waals surface area contributed by atoms with Gasteiger partial charge in [-0.1, -0.05) is 32.9 Å². The van der Waals surface area contributed by atoms with Crippen LogP contribution in [0.4, 0.5) is 8.78 Å². The fourth-order valence-electron chi connectivity index (χ4n) is 1.85. The van der Waals surface area contributed by atoms with E-state index in [1.54, 1.807) is 12.1 Å². The fourth-order valence-corrected chi connectivity index (χ4v) is 1.85. The smallest absolute Gasteiger partial charge is 0.387 e. The predicted molar refractivity (Wildman–Crippen MR) is 78.3 cm³/mol. The molecule has 0 saturated heterocycles. The van der Waals surface area contributed by atoms with Gasteiger partial charge in [-0.05, 0) is 36.5 Å². The summed E-state index contributed by atoms with van der Waals surface area (Å²) in [6, 6.07) is 6.13. The Labute approximate surface area is 124 Å². The van der Waals surface area contributed by atoms with Gasteiger partial charge in [0.1, 0.15) is 5.75 Å². The van der Waals surface area contributed by atoms with Gasteiger partial charge < -0.3 is 10.1 Å². The molecule has 0 saturated carbocycles. The molecular weight excluding hydrogens is 276 g/mol. The zero-order valence-electron chi connectivity index (χ0n) is 13.0. The first-order valence-electron chi connectivity index (χ1n) is 7.01. The third kappa shape index (κ3) is 7.06. The van der Waals surface area contributed by atoms with Gasteiger partial charge in [-0.3, -0.25) is 4.79 Å². The third-order valence-electron chi connectivity index (χ3n) is 3.06. The number of ether oxygens (including phenoxy) is 1. The number of halogens is 2. The Kier molecular flexibility index (Phi) is 6.12. The molecule has 0 aliphatic carbocycles. The maximum atomic E-state index is 12.2. The lowest BCUT2D eigenvalue weighted by Crippen LogP contribution is -2.27. The van der Waals surface area contributed by atoms with Crippen molar-refractivity contribution in [1.82, 2.24) is 5.32 Å². The van der Waals surface area contributed by atoms with Gasteiger partial charge in [0.05, 0.1) is 6.04 Å². The number of carbonyl (C=O) groups is 1. The minimum atomic E-state index is -2.85. The van der Waals surface area contributed by atoms with Crippen LogP contribution >= 0.6 is 0 Å². The molecule has 118 valence electrons. The molecule has 1 aromatic rings. The summed E-state index contributed by atoms with van der Waals surface area (Å²) in [6.45, 7) is 5.20. The molecule has 0 fully saturated rings. The molecule has 0 aromatic heterocycles. The van der Waals surface area contributed by atoms with Crippen molar-refractivity contribution < 1.29 is 18.3 Å². The number of hydrogen-bond acceptors (Lipinski definition) is 2. The van der Waals surface area contributed by atoms with E-state index < -0.39 is 6.61 Å². The molecule has 0 radical (unpaired) electrons. The number of amides is 1. The highest BCUT2D eigenvalue weighted by Crippen LogP contribution is 2.22. The van der Waals surface area contributed by atoms with Crippen molar-refractivity contribution in [3.63, 3.8) is 0 Å². The van der Waals surface area contributed by atoms with E-state index in [2.05, 4.69) is 30.8 Å². The van der Waals surface area contributed by atoms with Gasteiger partial charge in [-0.2, -0.15) is 8.78 Å². The lowest BCUT2D eigenvalue weighted by atomic mass is 9.90. The SMILES string of the molecule is CC(NC(=O)CCC(C)(C)C)c1cccc(OC(F)F)c1. The Bertz CT molecular complexity index is 470. The average Bonchev–Trinajstić information content (AvgIpc) is 2.35. The third-order valence-corrected chi connectivity index (χ3v) is 3.06. The molecule has 21 heavy (non-hydrogen) atoms. The zero-order chi connectivity index (χ0) is 16.0. The summed E-state index contributed by atoms with van der Waals surface area (Å²) < 4.78 is 28.7. The van der Waals surface area contributed by atoms with Crippen LogP contribution < -0.4 is 10.1 Å². The first-order valence-corrected chi connectivity index (χ1v) is 7.01. The van der Waals surface area contributed by atoms with Gasteiger partial charge >= 0.3 is 6.61 Å². The summed E-state index contributed by atoms with van der Waals surface area (Å²) in [4.78, 5) is 11.9. The normalized spacial score (nSPS) is 13.1. The van der Waals surface area contributed by atoms with Crippen LogP contribution in [0.1, 0.15) is 52.1 Å². The molecule has 0 aliphatic rings.